The summed E-state index contributed by atoms with van der Waals surface area (Å²) in [5, 5.41) is 5.58. The largest absolute Gasteiger partial charge is 0.352 e. The Morgan fingerprint density at radius 3 is 2.82 bits per heavy atom. The van der Waals surface area contributed by atoms with E-state index in [9.17, 15) is 18.0 Å². The van der Waals surface area contributed by atoms with Crippen molar-refractivity contribution in [1.29, 1.82) is 0 Å². The quantitative estimate of drug-likeness (QED) is 0.818. The second kappa shape index (κ2) is 5.08. The van der Waals surface area contributed by atoms with E-state index in [0.717, 1.165) is 5.56 Å². The van der Waals surface area contributed by atoms with E-state index < -0.39 is 15.4 Å². The topological polar surface area (TPSA) is 92.3 Å². The number of hydrogen-bond acceptors (Lipinski definition) is 4. The highest BCUT2D eigenvalue weighted by Gasteiger charge is 2.39. The predicted octanol–water partition coefficient (Wildman–Crippen LogP) is 0.280. The van der Waals surface area contributed by atoms with Crippen molar-refractivity contribution in [3.8, 4) is 0 Å². The monoisotopic (exact) mass is 322 g/mol. The van der Waals surface area contributed by atoms with Gasteiger partial charge in [-0.3, -0.25) is 9.59 Å². The molecule has 0 bridgehead atoms. The Balaban J connectivity index is 1.80. The van der Waals surface area contributed by atoms with E-state index in [2.05, 4.69) is 10.6 Å². The Morgan fingerprint density at radius 2 is 2.14 bits per heavy atom. The van der Waals surface area contributed by atoms with E-state index >= 15 is 0 Å². The minimum atomic E-state index is -3.07. The second-order valence-corrected chi connectivity index (χ2v) is 8.42. The molecule has 1 atom stereocenters. The third kappa shape index (κ3) is 2.85. The van der Waals surface area contributed by atoms with E-state index in [1.165, 1.54) is 0 Å². The van der Waals surface area contributed by atoms with E-state index in [0.29, 0.717) is 30.5 Å². The Labute approximate surface area is 129 Å². The molecular formula is C15H18N2O4S. The number of carbonyl (C=O) groups excluding carboxylic acids is 2. The lowest BCUT2D eigenvalue weighted by atomic mass is 9.96. The molecule has 0 radical (unpaired) electrons. The summed E-state index contributed by atoms with van der Waals surface area (Å²) in [6.07, 6.45) is 1.11. The zero-order valence-corrected chi connectivity index (χ0v) is 13.1. The molecule has 2 N–H and O–H groups in total. The van der Waals surface area contributed by atoms with Crippen LogP contribution in [-0.2, 0) is 16.3 Å². The minimum absolute atomic E-state index is 0.0287. The van der Waals surface area contributed by atoms with Gasteiger partial charge in [-0.25, -0.2) is 8.42 Å². The second-order valence-electron chi connectivity index (χ2n) is 6.23. The van der Waals surface area contributed by atoms with Gasteiger partial charge in [0.1, 0.15) is 0 Å². The normalized spacial score (nSPS) is 26.1. The summed E-state index contributed by atoms with van der Waals surface area (Å²) in [5.74, 6) is -0.344. The Bertz CT molecular complexity index is 757. The van der Waals surface area contributed by atoms with E-state index in [4.69, 9.17) is 0 Å². The van der Waals surface area contributed by atoms with Crippen LogP contribution in [0.1, 0.15) is 39.6 Å². The van der Waals surface area contributed by atoms with Gasteiger partial charge in [0.25, 0.3) is 11.8 Å². The first-order valence-electron chi connectivity index (χ1n) is 7.22. The van der Waals surface area contributed by atoms with Crippen molar-refractivity contribution in [1.82, 2.24) is 10.6 Å². The van der Waals surface area contributed by atoms with Crippen LogP contribution in [0.25, 0.3) is 0 Å². The Kier molecular flexibility index (Phi) is 3.47. The van der Waals surface area contributed by atoms with Crippen LogP contribution in [0.2, 0.25) is 0 Å². The van der Waals surface area contributed by atoms with E-state index in [1.807, 2.05) is 0 Å². The molecule has 7 heteroatoms. The lowest BCUT2D eigenvalue weighted by molar-refractivity contribution is 0.0910. The number of carbonyl (C=O) groups is 2. The van der Waals surface area contributed by atoms with Gasteiger partial charge < -0.3 is 10.6 Å². The van der Waals surface area contributed by atoms with Crippen LogP contribution in [-0.4, -0.2) is 43.8 Å². The summed E-state index contributed by atoms with van der Waals surface area (Å²) >= 11 is 0. The van der Waals surface area contributed by atoms with Gasteiger partial charge in [-0.05, 0) is 43.5 Å². The fraction of sp³-hybridized carbons (Fsp3) is 0.467. The van der Waals surface area contributed by atoms with E-state index in [1.54, 1.807) is 25.1 Å². The first-order valence-corrected chi connectivity index (χ1v) is 9.04. The van der Waals surface area contributed by atoms with Gasteiger partial charge in [-0.2, -0.15) is 0 Å². The van der Waals surface area contributed by atoms with Gasteiger partial charge in [-0.1, -0.05) is 0 Å². The lowest BCUT2D eigenvalue weighted by Crippen LogP contribution is -2.47. The Hall–Kier alpha value is -1.89. The number of hydrogen-bond donors (Lipinski definition) is 2. The highest BCUT2D eigenvalue weighted by atomic mass is 32.2. The van der Waals surface area contributed by atoms with Gasteiger partial charge in [0.2, 0.25) is 0 Å². The zero-order chi connectivity index (χ0) is 16.0. The number of benzene rings is 1. The number of rotatable bonds is 2. The van der Waals surface area contributed by atoms with Crippen LogP contribution in [0.3, 0.4) is 0 Å². The van der Waals surface area contributed by atoms with Crippen LogP contribution in [0.4, 0.5) is 0 Å². The van der Waals surface area contributed by atoms with Crippen molar-refractivity contribution < 1.29 is 18.0 Å². The van der Waals surface area contributed by atoms with Crippen molar-refractivity contribution in [2.45, 2.75) is 25.3 Å². The maximum Gasteiger partial charge on any atom is 0.251 e. The number of amides is 2. The molecule has 1 aromatic rings. The molecule has 0 spiro atoms. The Morgan fingerprint density at radius 1 is 1.36 bits per heavy atom. The molecule has 3 rings (SSSR count). The van der Waals surface area contributed by atoms with Crippen molar-refractivity contribution in [2.24, 2.45) is 0 Å². The molecular weight excluding hydrogens is 304 g/mol. The molecule has 1 fully saturated rings. The van der Waals surface area contributed by atoms with Crippen molar-refractivity contribution in [3.63, 3.8) is 0 Å². The number of nitrogens with one attached hydrogen (secondary N) is 2. The summed E-state index contributed by atoms with van der Waals surface area (Å²) < 4.78 is 23.2. The maximum absolute atomic E-state index is 12.4. The molecule has 2 amide bonds. The third-order valence-corrected chi connectivity index (χ3v) is 6.11. The summed E-state index contributed by atoms with van der Waals surface area (Å²) in [7, 11) is -3.07. The molecule has 1 aromatic carbocycles. The SMILES string of the molecule is CC1(NC(=O)c2ccc3c(c2)CCNC3=O)CCS(=O)(=O)C1. The summed E-state index contributed by atoms with van der Waals surface area (Å²) in [6.45, 7) is 2.31. The van der Waals surface area contributed by atoms with Crippen LogP contribution >= 0.6 is 0 Å². The molecule has 1 saturated heterocycles. The summed E-state index contributed by atoms with van der Waals surface area (Å²) in [5.41, 5.74) is 1.18. The van der Waals surface area contributed by atoms with Crippen molar-refractivity contribution in [2.75, 3.05) is 18.1 Å². The average Bonchev–Trinajstić information content (AvgIpc) is 2.72. The first kappa shape index (κ1) is 15.0. The van der Waals surface area contributed by atoms with Gasteiger partial charge in [0, 0.05) is 17.7 Å². The number of fused-ring (bicyclic) bond motifs is 1. The van der Waals surface area contributed by atoms with Gasteiger partial charge >= 0.3 is 0 Å². The van der Waals surface area contributed by atoms with Gasteiger partial charge in [0.15, 0.2) is 9.84 Å². The minimum Gasteiger partial charge on any atom is -0.352 e. The average molecular weight is 322 g/mol. The van der Waals surface area contributed by atoms with Crippen molar-refractivity contribution >= 4 is 21.7 Å². The number of sulfone groups is 1. The standard InChI is InChI=1S/C15H18N2O4S/c1-15(5-7-22(20,21)9-15)17-13(18)11-2-3-12-10(8-11)4-6-16-14(12)19/h2-3,8H,4-7,9H2,1H3,(H,16,19)(H,17,18). The highest BCUT2D eigenvalue weighted by molar-refractivity contribution is 7.91. The highest BCUT2D eigenvalue weighted by Crippen LogP contribution is 2.24. The third-order valence-electron chi connectivity index (χ3n) is 4.21. The van der Waals surface area contributed by atoms with Crippen LogP contribution < -0.4 is 10.6 Å². The molecule has 0 aliphatic carbocycles. The fourth-order valence-electron chi connectivity index (χ4n) is 3.02. The van der Waals surface area contributed by atoms with E-state index in [-0.39, 0.29) is 23.3 Å². The van der Waals surface area contributed by atoms with Crippen LogP contribution in [0.5, 0.6) is 0 Å². The first-order chi connectivity index (χ1) is 10.3. The van der Waals surface area contributed by atoms with Crippen LogP contribution in [0.15, 0.2) is 18.2 Å². The lowest BCUT2D eigenvalue weighted by Gasteiger charge is -2.24. The molecule has 22 heavy (non-hydrogen) atoms. The summed E-state index contributed by atoms with van der Waals surface area (Å²) in [6, 6.07) is 4.97. The molecule has 2 aliphatic heterocycles. The molecule has 6 nitrogen and oxygen atoms in total. The van der Waals surface area contributed by atoms with Crippen molar-refractivity contribution in [3.05, 3.63) is 34.9 Å². The predicted molar refractivity (Wildman–Crippen MR) is 81.6 cm³/mol. The molecule has 2 heterocycles. The molecule has 118 valence electrons. The van der Waals surface area contributed by atoms with Gasteiger partial charge in [0.05, 0.1) is 17.0 Å². The van der Waals surface area contributed by atoms with Crippen LogP contribution in [0, 0.1) is 0 Å². The molecule has 0 aromatic heterocycles. The van der Waals surface area contributed by atoms with Gasteiger partial charge in [-0.15, -0.1) is 0 Å². The molecule has 1 unspecified atom stereocenters. The maximum atomic E-state index is 12.4. The molecule has 0 saturated carbocycles. The fourth-order valence-corrected chi connectivity index (χ4v) is 5.12. The molecule has 2 aliphatic rings. The smallest absolute Gasteiger partial charge is 0.251 e. The summed E-state index contributed by atoms with van der Waals surface area (Å²) in [4.78, 5) is 24.1. The zero-order valence-electron chi connectivity index (χ0n) is 12.3.